The molecular formula is C21H22N2O3. The lowest BCUT2D eigenvalue weighted by molar-refractivity contribution is -0.114. The molecule has 0 N–H and O–H groups in total. The number of aryl methyl sites for hydroxylation is 1. The second-order valence-corrected chi connectivity index (χ2v) is 6.04. The van der Waals surface area contributed by atoms with Crippen molar-refractivity contribution in [2.45, 2.75) is 20.8 Å². The lowest BCUT2D eigenvalue weighted by Gasteiger charge is -2.12. The second kappa shape index (κ2) is 7.44. The van der Waals surface area contributed by atoms with E-state index < -0.39 is 0 Å². The number of hydrazone groups is 1. The summed E-state index contributed by atoms with van der Waals surface area (Å²) in [5.41, 5.74) is 4.00. The van der Waals surface area contributed by atoms with Crippen molar-refractivity contribution in [2.75, 3.05) is 18.7 Å². The fraction of sp³-hybridized carbons (Fsp3) is 0.238. The van der Waals surface area contributed by atoms with Gasteiger partial charge in [0.2, 0.25) is 0 Å². The van der Waals surface area contributed by atoms with Crippen LogP contribution in [0.5, 0.6) is 11.5 Å². The van der Waals surface area contributed by atoms with Crippen LogP contribution in [-0.4, -0.2) is 25.3 Å². The largest absolute Gasteiger partial charge is 0.493 e. The number of carbonyl (C=O) groups excluding carboxylic acids is 1. The van der Waals surface area contributed by atoms with E-state index in [1.807, 2.05) is 69.3 Å². The van der Waals surface area contributed by atoms with Gasteiger partial charge in [-0.3, -0.25) is 4.79 Å². The molecule has 0 bridgehead atoms. The van der Waals surface area contributed by atoms with Gasteiger partial charge in [-0.25, -0.2) is 0 Å². The van der Waals surface area contributed by atoms with Gasteiger partial charge in [0, 0.05) is 0 Å². The molecule has 0 atom stereocenters. The predicted octanol–water partition coefficient (Wildman–Crippen LogP) is 4.21. The van der Waals surface area contributed by atoms with Crippen LogP contribution in [0.15, 0.2) is 53.1 Å². The Morgan fingerprint density at radius 1 is 1.08 bits per heavy atom. The zero-order chi connectivity index (χ0) is 18.7. The number of hydrogen-bond donors (Lipinski definition) is 0. The van der Waals surface area contributed by atoms with Crippen LogP contribution in [-0.2, 0) is 4.79 Å². The van der Waals surface area contributed by atoms with Gasteiger partial charge in [-0.1, -0.05) is 23.8 Å². The van der Waals surface area contributed by atoms with Gasteiger partial charge in [-0.15, -0.1) is 0 Å². The van der Waals surface area contributed by atoms with Gasteiger partial charge in [0.15, 0.2) is 11.5 Å². The number of benzene rings is 2. The van der Waals surface area contributed by atoms with Crippen LogP contribution in [0.3, 0.4) is 0 Å². The Morgan fingerprint density at radius 2 is 1.81 bits per heavy atom. The predicted molar refractivity (Wildman–Crippen MR) is 104 cm³/mol. The maximum atomic E-state index is 12.8. The summed E-state index contributed by atoms with van der Waals surface area (Å²) in [4.78, 5) is 12.8. The van der Waals surface area contributed by atoms with E-state index in [0.717, 1.165) is 16.8 Å². The van der Waals surface area contributed by atoms with Crippen molar-refractivity contribution in [1.29, 1.82) is 0 Å². The number of methoxy groups -OCH3 is 1. The van der Waals surface area contributed by atoms with Crippen molar-refractivity contribution in [2.24, 2.45) is 5.10 Å². The molecule has 0 fully saturated rings. The first-order valence-corrected chi connectivity index (χ1v) is 8.52. The minimum absolute atomic E-state index is 0.140. The van der Waals surface area contributed by atoms with Crippen LogP contribution in [0.2, 0.25) is 0 Å². The normalized spacial score (nSPS) is 15.4. The van der Waals surface area contributed by atoms with E-state index in [2.05, 4.69) is 5.10 Å². The van der Waals surface area contributed by atoms with Crippen molar-refractivity contribution < 1.29 is 14.3 Å². The quantitative estimate of drug-likeness (QED) is 0.759. The summed E-state index contributed by atoms with van der Waals surface area (Å²) in [5, 5.41) is 5.85. The molecule has 3 rings (SSSR count). The van der Waals surface area contributed by atoms with Gasteiger partial charge in [0.25, 0.3) is 5.91 Å². The molecule has 0 saturated carbocycles. The number of amides is 1. The lowest BCUT2D eigenvalue weighted by atomic mass is 10.1. The summed E-state index contributed by atoms with van der Waals surface area (Å²) < 4.78 is 10.9. The second-order valence-electron chi connectivity index (χ2n) is 6.04. The molecule has 5 heteroatoms. The highest BCUT2D eigenvalue weighted by Gasteiger charge is 2.28. The third-order valence-electron chi connectivity index (χ3n) is 4.14. The Hall–Kier alpha value is -3.08. The molecule has 5 nitrogen and oxygen atoms in total. The topological polar surface area (TPSA) is 51.1 Å². The molecule has 0 saturated heterocycles. The van der Waals surface area contributed by atoms with Crippen molar-refractivity contribution in [3.63, 3.8) is 0 Å². The molecule has 1 aliphatic rings. The SMILES string of the molecule is CCOc1ccc(/C=C2/C(=O)N(c3ccc(C)cc3)N=C2C)cc1OC. The standard InChI is InChI=1S/C21H22N2O3/c1-5-26-19-11-8-16(13-20(19)25-4)12-18-15(3)22-23(21(18)24)17-9-6-14(2)7-10-17/h6-13H,5H2,1-4H3/b18-12+. The molecular weight excluding hydrogens is 328 g/mol. The number of rotatable bonds is 5. The molecule has 1 amide bonds. The van der Waals surface area contributed by atoms with Crippen molar-refractivity contribution >= 4 is 23.4 Å². The highest BCUT2D eigenvalue weighted by molar-refractivity contribution is 6.32. The number of hydrogen-bond acceptors (Lipinski definition) is 4. The summed E-state index contributed by atoms with van der Waals surface area (Å²) in [5.74, 6) is 1.18. The zero-order valence-corrected chi connectivity index (χ0v) is 15.4. The van der Waals surface area contributed by atoms with Crippen molar-refractivity contribution in [3.05, 3.63) is 59.2 Å². The third-order valence-corrected chi connectivity index (χ3v) is 4.14. The van der Waals surface area contributed by atoms with Gasteiger partial charge in [0.05, 0.1) is 30.7 Å². The Kier molecular flexibility index (Phi) is 5.07. The van der Waals surface area contributed by atoms with E-state index in [9.17, 15) is 4.79 Å². The van der Waals surface area contributed by atoms with Crippen LogP contribution in [0.1, 0.15) is 25.0 Å². The van der Waals surface area contributed by atoms with Crippen LogP contribution in [0.25, 0.3) is 6.08 Å². The van der Waals surface area contributed by atoms with E-state index >= 15 is 0 Å². The maximum absolute atomic E-state index is 12.8. The molecule has 134 valence electrons. The van der Waals surface area contributed by atoms with E-state index in [1.165, 1.54) is 5.01 Å². The van der Waals surface area contributed by atoms with Gasteiger partial charge >= 0.3 is 0 Å². The summed E-state index contributed by atoms with van der Waals surface area (Å²) in [6.45, 7) is 6.33. The van der Waals surface area contributed by atoms with Crippen LogP contribution >= 0.6 is 0 Å². The van der Waals surface area contributed by atoms with E-state index in [-0.39, 0.29) is 5.91 Å². The monoisotopic (exact) mass is 350 g/mol. The van der Waals surface area contributed by atoms with Crippen LogP contribution in [0.4, 0.5) is 5.69 Å². The molecule has 1 heterocycles. The number of anilines is 1. The van der Waals surface area contributed by atoms with Crippen LogP contribution in [0, 0.1) is 6.92 Å². The van der Waals surface area contributed by atoms with E-state index in [4.69, 9.17) is 9.47 Å². The first-order valence-electron chi connectivity index (χ1n) is 8.52. The number of ether oxygens (including phenoxy) is 2. The fourth-order valence-electron chi connectivity index (χ4n) is 2.76. The average molecular weight is 350 g/mol. The maximum Gasteiger partial charge on any atom is 0.280 e. The van der Waals surface area contributed by atoms with Crippen molar-refractivity contribution in [3.8, 4) is 11.5 Å². The first-order chi connectivity index (χ1) is 12.5. The smallest absolute Gasteiger partial charge is 0.280 e. The Bertz CT molecular complexity index is 883. The average Bonchev–Trinajstić information content (AvgIpc) is 2.92. The van der Waals surface area contributed by atoms with Crippen LogP contribution < -0.4 is 14.5 Å². The van der Waals surface area contributed by atoms with Gasteiger partial charge in [-0.2, -0.15) is 10.1 Å². The Labute approximate surface area is 153 Å². The third kappa shape index (κ3) is 3.47. The molecule has 0 aliphatic carbocycles. The first kappa shape index (κ1) is 17.7. The number of nitrogens with zero attached hydrogens (tertiary/aromatic N) is 2. The molecule has 2 aromatic carbocycles. The summed E-state index contributed by atoms with van der Waals surface area (Å²) in [7, 11) is 1.60. The highest BCUT2D eigenvalue weighted by atomic mass is 16.5. The minimum Gasteiger partial charge on any atom is -0.493 e. The Morgan fingerprint density at radius 3 is 2.46 bits per heavy atom. The molecule has 2 aromatic rings. The zero-order valence-electron chi connectivity index (χ0n) is 15.4. The summed E-state index contributed by atoms with van der Waals surface area (Å²) in [6, 6.07) is 13.3. The molecule has 0 spiro atoms. The fourth-order valence-corrected chi connectivity index (χ4v) is 2.76. The van der Waals surface area contributed by atoms with Crippen molar-refractivity contribution in [1.82, 2.24) is 0 Å². The molecule has 1 aliphatic heterocycles. The van der Waals surface area contributed by atoms with Gasteiger partial charge in [-0.05, 0) is 56.7 Å². The molecule has 0 unspecified atom stereocenters. The van der Waals surface area contributed by atoms with Gasteiger partial charge < -0.3 is 9.47 Å². The number of carbonyl (C=O) groups is 1. The van der Waals surface area contributed by atoms with Gasteiger partial charge in [0.1, 0.15) is 0 Å². The highest BCUT2D eigenvalue weighted by Crippen LogP contribution is 2.30. The Balaban J connectivity index is 1.91. The molecule has 26 heavy (non-hydrogen) atoms. The molecule has 0 aromatic heterocycles. The van der Waals surface area contributed by atoms with E-state index in [1.54, 1.807) is 7.11 Å². The lowest BCUT2D eigenvalue weighted by Crippen LogP contribution is -2.21. The van der Waals surface area contributed by atoms with E-state index in [0.29, 0.717) is 29.4 Å². The summed E-state index contributed by atoms with van der Waals surface area (Å²) >= 11 is 0. The minimum atomic E-state index is -0.140. The summed E-state index contributed by atoms with van der Waals surface area (Å²) in [6.07, 6.45) is 1.83. The molecule has 0 radical (unpaired) electrons.